The molecule has 0 unspecified atom stereocenters. The molecule has 122 valence electrons. The molecule has 4 nitrogen and oxygen atoms in total. The van der Waals surface area contributed by atoms with Crippen LogP contribution in [0.2, 0.25) is 0 Å². The minimum absolute atomic E-state index is 0.0677. The summed E-state index contributed by atoms with van der Waals surface area (Å²) in [6, 6.07) is 6.21. The van der Waals surface area contributed by atoms with Gasteiger partial charge in [-0.1, -0.05) is 19.9 Å². The number of hydrogen-bond donors (Lipinski definition) is 2. The lowest BCUT2D eigenvalue weighted by Gasteiger charge is -2.26. The lowest BCUT2D eigenvalue weighted by atomic mass is 9.82. The lowest BCUT2D eigenvalue weighted by molar-refractivity contribution is -0.123. The van der Waals surface area contributed by atoms with Crippen molar-refractivity contribution in [2.75, 3.05) is 13.7 Å². The molecule has 2 rings (SSSR count). The van der Waals surface area contributed by atoms with Crippen LogP contribution in [0.15, 0.2) is 18.2 Å². The molecule has 2 atom stereocenters. The first-order valence-electron chi connectivity index (χ1n) is 8.12. The summed E-state index contributed by atoms with van der Waals surface area (Å²) in [6.07, 6.45) is 2.91. The average Bonchev–Trinajstić information content (AvgIpc) is 2.52. The summed E-state index contributed by atoms with van der Waals surface area (Å²) in [5, 5.41) is 12.8. The second-order valence-electron chi connectivity index (χ2n) is 6.47. The number of amides is 1. The highest BCUT2D eigenvalue weighted by atomic mass is 16.5. The largest absolute Gasteiger partial charge is 0.497 e. The highest BCUT2D eigenvalue weighted by molar-refractivity contribution is 5.76. The van der Waals surface area contributed by atoms with E-state index in [1.54, 1.807) is 7.11 Å². The molecule has 0 spiro atoms. The Morgan fingerprint density at radius 2 is 2.23 bits per heavy atom. The Morgan fingerprint density at radius 1 is 1.45 bits per heavy atom. The SMILES string of the molecule is COc1ccc2c(c1)CCC[C@H]2CNC(=O)C[C@@H](O)C(C)C. The van der Waals surface area contributed by atoms with E-state index in [9.17, 15) is 9.90 Å². The van der Waals surface area contributed by atoms with Gasteiger partial charge in [0, 0.05) is 12.5 Å². The minimum Gasteiger partial charge on any atom is -0.497 e. The standard InChI is InChI=1S/C18H27NO3/c1-12(2)17(20)10-18(21)19-11-14-6-4-5-13-9-15(22-3)7-8-16(13)14/h7-9,12,14,17,20H,4-6,10-11H2,1-3H3,(H,19,21)/t14-,17+/m0/s1. The van der Waals surface area contributed by atoms with Crippen molar-refractivity contribution < 1.29 is 14.6 Å². The molecule has 0 saturated heterocycles. The number of methoxy groups -OCH3 is 1. The van der Waals surface area contributed by atoms with Gasteiger partial charge >= 0.3 is 0 Å². The van der Waals surface area contributed by atoms with Gasteiger partial charge in [-0.15, -0.1) is 0 Å². The Morgan fingerprint density at radius 3 is 2.91 bits per heavy atom. The van der Waals surface area contributed by atoms with E-state index in [4.69, 9.17) is 4.74 Å². The molecule has 0 bridgehead atoms. The van der Waals surface area contributed by atoms with Gasteiger partial charge < -0.3 is 15.2 Å². The van der Waals surface area contributed by atoms with Gasteiger partial charge in [-0.3, -0.25) is 4.79 Å². The van der Waals surface area contributed by atoms with Crippen LogP contribution in [0.3, 0.4) is 0 Å². The van der Waals surface area contributed by atoms with Crippen LogP contribution < -0.4 is 10.1 Å². The smallest absolute Gasteiger partial charge is 0.222 e. The fourth-order valence-corrected chi connectivity index (χ4v) is 2.97. The molecular formula is C18H27NO3. The second kappa shape index (κ2) is 7.63. The predicted molar refractivity (Wildman–Crippen MR) is 87.1 cm³/mol. The lowest BCUT2D eigenvalue weighted by Crippen LogP contribution is -2.33. The number of ether oxygens (including phenoxy) is 1. The Labute approximate surface area is 132 Å². The molecular weight excluding hydrogens is 278 g/mol. The third-order valence-electron chi connectivity index (χ3n) is 4.50. The molecule has 1 aliphatic carbocycles. The normalized spacial score (nSPS) is 18.7. The molecule has 0 saturated carbocycles. The number of aliphatic hydroxyl groups excluding tert-OH is 1. The van der Waals surface area contributed by atoms with Crippen LogP contribution in [0.5, 0.6) is 5.75 Å². The number of hydrogen-bond acceptors (Lipinski definition) is 3. The monoisotopic (exact) mass is 305 g/mol. The van der Waals surface area contributed by atoms with E-state index in [-0.39, 0.29) is 18.2 Å². The number of aliphatic hydroxyl groups is 1. The van der Waals surface area contributed by atoms with Crippen molar-refractivity contribution in [2.24, 2.45) is 5.92 Å². The third-order valence-corrected chi connectivity index (χ3v) is 4.50. The van der Waals surface area contributed by atoms with E-state index in [0.29, 0.717) is 12.5 Å². The fraction of sp³-hybridized carbons (Fsp3) is 0.611. The summed E-state index contributed by atoms with van der Waals surface area (Å²) in [6.45, 7) is 4.48. The van der Waals surface area contributed by atoms with Gasteiger partial charge in [-0.2, -0.15) is 0 Å². The van der Waals surface area contributed by atoms with Crippen molar-refractivity contribution in [1.29, 1.82) is 0 Å². The molecule has 1 aromatic carbocycles. The Hall–Kier alpha value is -1.55. The zero-order chi connectivity index (χ0) is 16.1. The van der Waals surface area contributed by atoms with Crippen LogP contribution in [-0.2, 0) is 11.2 Å². The van der Waals surface area contributed by atoms with Crippen LogP contribution in [0.4, 0.5) is 0 Å². The zero-order valence-electron chi connectivity index (χ0n) is 13.8. The maximum atomic E-state index is 11.9. The van der Waals surface area contributed by atoms with Crippen molar-refractivity contribution >= 4 is 5.91 Å². The van der Waals surface area contributed by atoms with Crippen LogP contribution in [0.25, 0.3) is 0 Å². The van der Waals surface area contributed by atoms with E-state index in [1.807, 2.05) is 19.9 Å². The molecule has 0 aliphatic heterocycles. The molecule has 0 aromatic heterocycles. The summed E-state index contributed by atoms with van der Waals surface area (Å²) >= 11 is 0. The Balaban J connectivity index is 1.94. The Bertz CT molecular complexity index is 513. The van der Waals surface area contributed by atoms with E-state index < -0.39 is 6.10 Å². The molecule has 0 heterocycles. The minimum atomic E-state index is -0.567. The molecule has 1 aliphatic rings. The van der Waals surface area contributed by atoms with Crippen molar-refractivity contribution in [1.82, 2.24) is 5.32 Å². The van der Waals surface area contributed by atoms with Gasteiger partial charge in [0.05, 0.1) is 19.6 Å². The van der Waals surface area contributed by atoms with Crippen LogP contribution in [0.1, 0.15) is 50.2 Å². The summed E-state index contributed by atoms with van der Waals surface area (Å²) < 4.78 is 5.28. The number of aryl methyl sites for hydroxylation is 1. The summed E-state index contributed by atoms with van der Waals surface area (Å²) in [5.41, 5.74) is 2.64. The maximum Gasteiger partial charge on any atom is 0.222 e. The van der Waals surface area contributed by atoms with Gasteiger partial charge in [0.15, 0.2) is 0 Å². The topological polar surface area (TPSA) is 58.6 Å². The molecule has 22 heavy (non-hydrogen) atoms. The van der Waals surface area contributed by atoms with E-state index in [1.165, 1.54) is 11.1 Å². The van der Waals surface area contributed by atoms with Gasteiger partial charge in [0.1, 0.15) is 5.75 Å². The number of benzene rings is 1. The Kier molecular flexibility index (Phi) is 5.83. The van der Waals surface area contributed by atoms with Crippen molar-refractivity contribution in [2.45, 2.75) is 51.6 Å². The molecule has 4 heteroatoms. The first kappa shape index (κ1) is 16.8. The quantitative estimate of drug-likeness (QED) is 0.849. The number of carbonyl (C=O) groups is 1. The molecule has 1 amide bonds. The van der Waals surface area contributed by atoms with Gasteiger partial charge in [0.2, 0.25) is 5.91 Å². The number of fused-ring (bicyclic) bond motifs is 1. The van der Waals surface area contributed by atoms with Crippen LogP contribution >= 0.6 is 0 Å². The van der Waals surface area contributed by atoms with E-state index in [0.717, 1.165) is 25.0 Å². The summed E-state index contributed by atoms with van der Waals surface area (Å²) in [5.74, 6) is 1.29. The number of carbonyl (C=O) groups excluding carboxylic acids is 1. The summed E-state index contributed by atoms with van der Waals surface area (Å²) in [7, 11) is 1.68. The van der Waals surface area contributed by atoms with E-state index >= 15 is 0 Å². The summed E-state index contributed by atoms with van der Waals surface area (Å²) in [4.78, 5) is 11.9. The van der Waals surface area contributed by atoms with E-state index in [2.05, 4.69) is 17.4 Å². The molecule has 1 aromatic rings. The van der Waals surface area contributed by atoms with Gasteiger partial charge in [-0.05, 0) is 48.4 Å². The third kappa shape index (κ3) is 4.23. The first-order chi connectivity index (χ1) is 10.5. The number of nitrogens with one attached hydrogen (secondary N) is 1. The highest BCUT2D eigenvalue weighted by Gasteiger charge is 2.22. The van der Waals surface area contributed by atoms with Gasteiger partial charge in [0.25, 0.3) is 0 Å². The van der Waals surface area contributed by atoms with Crippen LogP contribution in [0, 0.1) is 5.92 Å². The predicted octanol–water partition coefficient (Wildman–Crippen LogP) is 2.64. The van der Waals surface area contributed by atoms with Crippen molar-refractivity contribution in [3.8, 4) is 5.75 Å². The van der Waals surface area contributed by atoms with Crippen molar-refractivity contribution in [3.05, 3.63) is 29.3 Å². The van der Waals surface area contributed by atoms with Crippen LogP contribution in [-0.4, -0.2) is 30.8 Å². The molecule has 2 N–H and O–H groups in total. The van der Waals surface area contributed by atoms with Crippen molar-refractivity contribution in [3.63, 3.8) is 0 Å². The zero-order valence-corrected chi connectivity index (χ0v) is 13.8. The number of rotatable bonds is 6. The first-order valence-corrected chi connectivity index (χ1v) is 8.12. The second-order valence-corrected chi connectivity index (χ2v) is 6.47. The molecule has 0 radical (unpaired) electrons. The molecule has 0 fully saturated rings. The van der Waals surface area contributed by atoms with Gasteiger partial charge in [-0.25, -0.2) is 0 Å². The highest BCUT2D eigenvalue weighted by Crippen LogP contribution is 2.33. The average molecular weight is 305 g/mol. The maximum absolute atomic E-state index is 11.9. The fourth-order valence-electron chi connectivity index (χ4n) is 2.97.